The lowest BCUT2D eigenvalue weighted by Crippen LogP contribution is -2.23. The molecule has 2 N–H and O–H groups in total. The molecule has 0 bridgehead atoms. The first-order valence-corrected chi connectivity index (χ1v) is 7.33. The molecule has 0 aromatic heterocycles. The maximum atomic E-state index is 5.22. The zero-order chi connectivity index (χ0) is 15.8. The third-order valence-corrected chi connectivity index (χ3v) is 3.19. The molecule has 2 aromatic carbocycles. The van der Waals surface area contributed by atoms with E-state index in [0.29, 0.717) is 11.7 Å². The molecule has 0 aliphatic carbocycles. The van der Waals surface area contributed by atoms with Crippen molar-refractivity contribution in [1.82, 2.24) is 5.43 Å². The summed E-state index contributed by atoms with van der Waals surface area (Å²) in [6.45, 7) is 2.58. The topological polar surface area (TPSA) is 45.6 Å². The molecule has 0 saturated heterocycles. The monoisotopic (exact) mass is 313 g/mol. The van der Waals surface area contributed by atoms with Crippen molar-refractivity contribution in [2.24, 2.45) is 5.10 Å². The number of hydrogen-bond donors (Lipinski definition) is 2. The van der Waals surface area contributed by atoms with Gasteiger partial charge in [-0.2, -0.15) is 5.10 Å². The van der Waals surface area contributed by atoms with E-state index >= 15 is 0 Å². The van der Waals surface area contributed by atoms with Gasteiger partial charge in [-0.05, 0) is 42.4 Å². The third kappa shape index (κ3) is 4.95. The predicted molar refractivity (Wildman–Crippen MR) is 95.3 cm³/mol. The molecule has 2 aromatic rings. The predicted octanol–water partition coefficient (Wildman–Crippen LogP) is 3.46. The highest BCUT2D eigenvalue weighted by atomic mass is 32.1. The fourth-order valence-corrected chi connectivity index (χ4v) is 2.16. The molecule has 5 heteroatoms. The third-order valence-electron chi connectivity index (χ3n) is 3.00. The maximum absolute atomic E-state index is 5.22. The number of anilines is 1. The van der Waals surface area contributed by atoms with Gasteiger partial charge in [0.15, 0.2) is 5.11 Å². The summed E-state index contributed by atoms with van der Waals surface area (Å²) in [7, 11) is 1.67. The summed E-state index contributed by atoms with van der Waals surface area (Å²) in [6, 6.07) is 15.9. The summed E-state index contributed by atoms with van der Waals surface area (Å²) < 4.78 is 5.17. The Morgan fingerprint density at radius 2 is 2.05 bits per heavy atom. The Morgan fingerprint density at radius 1 is 1.23 bits per heavy atom. The van der Waals surface area contributed by atoms with Gasteiger partial charge in [-0.25, -0.2) is 0 Å². The summed E-state index contributed by atoms with van der Waals surface area (Å²) >= 11 is 5.22. The van der Waals surface area contributed by atoms with Crippen LogP contribution >= 0.6 is 12.2 Å². The van der Waals surface area contributed by atoms with Gasteiger partial charge in [0.1, 0.15) is 0 Å². The van der Waals surface area contributed by atoms with Crippen LogP contribution in [0.4, 0.5) is 5.69 Å². The summed E-state index contributed by atoms with van der Waals surface area (Å²) in [5.74, 6) is 0. The fourth-order valence-electron chi connectivity index (χ4n) is 1.99. The van der Waals surface area contributed by atoms with Crippen LogP contribution in [0.25, 0.3) is 0 Å². The highest BCUT2D eigenvalue weighted by Gasteiger charge is 1.99. The number of aryl methyl sites for hydroxylation is 1. The van der Waals surface area contributed by atoms with E-state index in [2.05, 4.69) is 15.8 Å². The molecule has 4 nitrogen and oxygen atoms in total. The Labute approximate surface area is 136 Å². The van der Waals surface area contributed by atoms with E-state index in [1.165, 1.54) is 5.56 Å². The van der Waals surface area contributed by atoms with Crippen LogP contribution < -0.4 is 10.7 Å². The summed E-state index contributed by atoms with van der Waals surface area (Å²) in [4.78, 5) is 0. The molecule has 0 saturated carbocycles. The van der Waals surface area contributed by atoms with Crippen LogP contribution in [0.2, 0.25) is 0 Å². The van der Waals surface area contributed by atoms with Crippen LogP contribution in [0.5, 0.6) is 0 Å². The van der Waals surface area contributed by atoms with Crippen molar-refractivity contribution in [1.29, 1.82) is 0 Å². The molecule has 0 unspecified atom stereocenters. The quantitative estimate of drug-likeness (QED) is 0.504. The van der Waals surface area contributed by atoms with Crippen molar-refractivity contribution in [2.75, 3.05) is 12.4 Å². The first-order chi connectivity index (χ1) is 10.7. The molecule has 0 spiro atoms. The molecule has 0 radical (unpaired) electrons. The minimum atomic E-state index is 0.450. The average Bonchev–Trinajstić information content (AvgIpc) is 2.49. The number of hydrazone groups is 1. The second kappa shape index (κ2) is 8.26. The first kappa shape index (κ1) is 16.1. The second-order valence-electron chi connectivity index (χ2n) is 4.83. The second-order valence-corrected chi connectivity index (χ2v) is 5.23. The Morgan fingerprint density at radius 3 is 2.82 bits per heavy atom. The van der Waals surface area contributed by atoms with Crippen molar-refractivity contribution in [2.45, 2.75) is 13.5 Å². The van der Waals surface area contributed by atoms with E-state index in [1.54, 1.807) is 13.3 Å². The normalized spacial score (nSPS) is 10.6. The summed E-state index contributed by atoms with van der Waals surface area (Å²) in [6.07, 6.45) is 1.73. The van der Waals surface area contributed by atoms with Crippen molar-refractivity contribution in [3.63, 3.8) is 0 Å². The molecule has 114 valence electrons. The molecule has 2 rings (SSSR count). The maximum Gasteiger partial charge on any atom is 0.191 e. The lowest BCUT2D eigenvalue weighted by Gasteiger charge is -2.08. The molecular formula is C17H19N3OS. The first-order valence-electron chi connectivity index (χ1n) is 6.92. The number of benzene rings is 2. The number of methoxy groups -OCH3 is 1. The van der Waals surface area contributed by atoms with E-state index in [1.807, 2.05) is 55.5 Å². The van der Waals surface area contributed by atoms with Crippen LogP contribution in [0.1, 0.15) is 16.7 Å². The van der Waals surface area contributed by atoms with E-state index in [0.717, 1.165) is 16.8 Å². The lowest BCUT2D eigenvalue weighted by molar-refractivity contribution is 0.185. The van der Waals surface area contributed by atoms with Gasteiger partial charge in [-0.3, -0.25) is 5.43 Å². The van der Waals surface area contributed by atoms with Crippen LogP contribution in [0, 0.1) is 6.92 Å². The van der Waals surface area contributed by atoms with Gasteiger partial charge in [-0.1, -0.05) is 36.4 Å². The summed E-state index contributed by atoms with van der Waals surface area (Å²) in [5, 5.41) is 7.71. The van der Waals surface area contributed by atoms with E-state index in [-0.39, 0.29) is 0 Å². The smallest absolute Gasteiger partial charge is 0.191 e. The van der Waals surface area contributed by atoms with Crippen LogP contribution in [0.3, 0.4) is 0 Å². The standard InChI is InChI=1S/C17H19N3OS/c1-13-6-5-9-16(10-13)19-17(22)20-18-11-14-7-3-4-8-15(14)12-21-2/h3-11H,12H2,1-2H3,(H2,19,20,22)/b18-11+. The average molecular weight is 313 g/mol. The highest BCUT2D eigenvalue weighted by Crippen LogP contribution is 2.09. The lowest BCUT2D eigenvalue weighted by atomic mass is 10.1. The number of rotatable bonds is 5. The van der Waals surface area contributed by atoms with Crippen LogP contribution in [-0.4, -0.2) is 18.4 Å². The Hall–Kier alpha value is -2.24. The Balaban J connectivity index is 1.93. The number of nitrogens with zero attached hydrogens (tertiary/aromatic N) is 1. The Kier molecular flexibility index (Phi) is 6.06. The summed E-state index contributed by atoms with van der Waals surface area (Å²) in [5.41, 5.74) is 7.00. The highest BCUT2D eigenvalue weighted by molar-refractivity contribution is 7.80. The molecular weight excluding hydrogens is 294 g/mol. The van der Waals surface area contributed by atoms with Crippen molar-refractivity contribution in [3.8, 4) is 0 Å². The van der Waals surface area contributed by atoms with E-state index < -0.39 is 0 Å². The minimum absolute atomic E-state index is 0.450. The van der Waals surface area contributed by atoms with Gasteiger partial charge in [0.05, 0.1) is 12.8 Å². The Bertz CT molecular complexity index is 670. The molecule has 0 aliphatic heterocycles. The van der Waals surface area contributed by atoms with Gasteiger partial charge in [0.2, 0.25) is 0 Å². The van der Waals surface area contributed by atoms with Gasteiger partial charge < -0.3 is 10.1 Å². The van der Waals surface area contributed by atoms with Gasteiger partial charge in [0, 0.05) is 18.4 Å². The zero-order valence-corrected chi connectivity index (χ0v) is 13.5. The number of hydrogen-bond acceptors (Lipinski definition) is 3. The molecule has 22 heavy (non-hydrogen) atoms. The van der Waals surface area contributed by atoms with Crippen molar-refractivity contribution >= 4 is 29.2 Å². The fraction of sp³-hybridized carbons (Fsp3) is 0.176. The number of ether oxygens (including phenoxy) is 1. The molecule has 0 aliphatic rings. The van der Waals surface area contributed by atoms with Gasteiger partial charge in [0.25, 0.3) is 0 Å². The van der Waals surface area contributed by atoms with Gasteiger partial charge >= 0.3 is 0 Å². The van der Waals surface area contributed by atoms with Crippen LogP contribution in [0.15, 0.2) is 53.6 Å². The SMILES string of the molecule is COCc1ccccc1/C=N/NC(=S)Nc1cccc(C)c1. The molecule has 0 amide bonds. The van der Waals surface area contributed by atoms with E-state index in [9.17, 15) is 0 Å². The molecule has 0 heterocycles. The zero-order valence-electron chi connectivity index (χ0n) is 12.7. The van der Waals surface area contributed by atoms with Gasteiger partial charge in [-0.15, -0.1) is 0 Å². The minimum Gasteiger partial charge on any atom is -0.380 e. The number of nitrogens with one attached hydrogen (secondary N) is 2. The van der Waals surface area contributed by atoms with Crippen molar-refractivity contribution in [3.05, 3.63) is 65.2 Å². The number of thiocarbonyl (C=S) groups is 1. The molecule has 0 fully saturated rings. The van der Waals surface area contributed by atoms with Crippen LogP contribution in [-0.2, 0) is 11.3 Å². The largest absolute Gasteiger partial charge is 0.380 e. The molecule has 0 atom stereocenters. The van der Waals surface area contributed by atoms with E-state index in [4.69, 9.17) is 17.0 Å². The van der Waals surface area contributed by atoms with Crippen molar-refractivity contribution < 1.29 is 4.74 Å².